The molecular weight excluding hydrogens is 392 g/mol. The second-order valence-electron chi connectivity index (χ2n) is 13.7. The zero-order chi connectivity index (χ0) is 23.3. The van der Waals surface area contributed by atoms with Crippen molar-refractivity contribution in [2.45, 2.75) is 113 Å². The number of esters is 1. The van der Waals surface area contributed by atoms with Crippen molar-refractivity contribution in [1.82, 2.24) is 0 Å². The molecule has 0 saturated heterocycles. The van der Waals surface area contributed by atoms with Crippen molar-refractivity contribution in [3.8, 4) is 0 Å². The van der Waals surface area contributed by atoms with Gasteiger partial charge in [-0.2, -0.15) is 0 Å². The number of hydrogen-bond acceptors (Lipinski definition) is 2. The van der Waals surface area contributed by atoms with E-state index in [9.17, 15) is 4.79 Å². The van der Waals surface area contributed by atoms with E-state index in [0.29, 0.717) is 23.4 Å². The standard InChI is InChI=1S/C30H52O2/c1-19(2)20(3)8-9-21(4)25-12-13-27-24-10-11-26-23(18-32-22(5)31)14-16-30(26,7)28(24)15-17-29(25,27)6/h19-21,23-28H,8-18H2,1-7H3/t20-,21-,23-,24+,25-,26+,27+,28+,29-,30+/m1/s1. The molecule has 0 aromatic carbocycles. The maximum absolute atomic E-state index is 11.4. The second-order valence-corrected chi connectivity index (χ2v) is 13.7. The molecule has 0 amide bonds. The van der Waals surface area contributed by atoms with Crippen molar-refractivity contribution < 1.29 is 9.53 Å². The Kier molecular flexibility index (Phi) is 7.11. The van der Waals surface area contributed by atoms with Crippen molar-refractivity contribution in [3.05, 3.63) is 0 Å². The smallest absolute Gasteiger partial charge is 0.302 e. The number of carbonyl (C=O) groups is 1. The molecule has 184 valence electrons. The summed E-state index contributed by atoms with van der Waals surface area (Å²) in [5.74, 6) is 7.61. The molecule has 2 nitrogen and oxygen atoms in total. The maximum atomic E-state index is 11.4. The third-order valence-corrected chi connectivity index (χ3v) is 12.0. The van der Waals surface area contributed by atoms with Gasteiger partial charge in [0.1, 0.15) is 0 Å². The van der Waals surface area contributed by atoms with Crippen LogP contribution in [0.25, 0.3) is 0 Å². The van der Waals surface area contributed by atoms with Gasteiger partial charge in [0, 0.05) is 6.92 Å². The average Bonchev–Trinajstić information content (AvgIpc) is 3.26. The summed E-state index contributed by atoms with van der Waals surface area (Å²) in [7, 11) is 0. The molecule has 0 aromatic rings. The fraction of sp³-hybridized carbons (Fsp3) is 0.967. The van der Waals surface area contributed by atoms with Gasteiger partial charge in [0.05, 0.1) is 6.61 Å². The van der Waals surface area contributed by atoms with Crippen LogP contribution in [0.15, 0.2) is 0 Å². The van der Waals surface area contributed by atoms with E-state index in [0.717, 1.165) is 47.3 Å². The Balaban J connectivity index is 1.43. The van der Waals surface area contributed by atoms with Gasteiger partial charge in [-0.15, -0.1) is 0 Å². The van der Waals surface area contributed by atoms with Crippen LogP contribution in [0.3, 0.4) is 0 Å². The monoisotopic (exact) mass is 444 g/mol. The summed E-state index contributed by atoms with van der Waals surface area (Å²) in [5.41, 5.74) is 1.08. The van der Waals surface area contributed by atoms with Gasteiger partial charge in [-0.25, -0.2) is 0 Å². The van der Waals surface area contributed by atoms with E-state index >= 15 is 0 Å². The van der Waals surface area contributed by atoms with Gasteiger partial charge in [0.15, 0.2) is 0 Å². The third-order valence-electron chi connectivity index (χ3n) is 12.0. The molecule has 4 fully saturated rings. The van der Waals surface area contributed by atoms with E-state index in [1.54, 1.807) is 6.92 Å². The molecular formula is C30H52O2. The summed E-state index contributed by atoms with van der Waals surface area (Å²) in [6, 6.07) is 0. The summed E-state index contributed by atoms with van der Waals surface area (Å²) in [4.78, 5) is 11.4. The SMILES string of the molecule is CC(=O)OC[C@H]1CC[C@@]2(C)[C@H]1CC[C@@H]1[C@@H]2CC[C@]2(C)[C@@H]([C@H](C)CC[C@@H](C)C(C)C)CC[C@@H]12. The average molecular weight is 445 g/mol. The topological polar surface area (TPSA) is 26.3 Å². The van der Waals surface area contributed by atoms with Gasteiger partial charge in [-0.3, -0.25) is 4.79 Å². The highest BCUT2D eigenvalue weighted by Crippen LogP contribution is 2.69. The minimum absolute atomic E-state index is 0.102. The van der Waals surface area contributed by atoms with Crippen LogP contribution in [0.5, 0.6) is 0 Å². The first-order valence-corrected chi connectivity index (χ1v) is 14.2. The Morgan fingerprint density at radius 3 is 2.19 bits per heavy atom. The van der Waals surface area contributed by atoms with E-state index in [1.165, 1.54) is 64.2 Å². The highest BCUT2D eigenvalue weighted by Gasteiger charge is 2.62. The molecule has 0 radical (unpaired) electrons. The van der Waals surface area contributed by atoms with Crippen molar-refractivity contribution in [1.29, 1.82) is 0 Å². The lowest BCUT2D eigenvalue weighted by atomic mass is 9.46. The van der Waals surface area contributed by atoms with E-state index < -0.39 is 0 Å². The van der Waals surface area contributed by atoms with E-state index in [4.69, 9.17) is 4.74 Å². The molecule has 0 spiro atoms. The van der Waals surface area contributed by atoms with Crippen LogP contribution < -0.4 is 0 Å². The minimum atomic E-state index is -0.102. The summed E-state index contributed by atoms with van der Waals surface area (Å²) < 4.78 is 5.50. The Morgan fingerprint density at radius 1 is 0.844 bits per heavy atom. The molecule has 2 heteroatoms. The van der Waals surface area contributed by atoms with Crippen LogP contribution in [0.1, 0.15) is 113 Å². The summed E-state index contributed by atoms with van der Waals surface area (Å²) in [6.07, 6.45) is 14.2. The third kappa shape index (κ3) is 4.19. The zero-order valence-corrected chi connectivity index (χ0v) is 22.3. The highest BCUT2D eigenvalue weighted by atomic mass is 16.5. The second kappa shape index (κ2) is 9.26. The molecule has 10 atom stereocenters. The first-order valence-electron chi connectivity index (χ1n) is 14.2. The van der Waals surface area contributed by atoms with Gasteiger partial charge in [0.2, 0.25) is 0 Å². The summed E-state index contributed by atoms with van der Waals surface area (Å²) in [6.45, 7) is 17.4. The first-order chi connectivity index (χ1) is 15.1. The first kappa shape index (κ1) is 24.6. The molecule has 0 heterocycles. The quantitative estimate of drug-likeness (QED) is 0.370. The molecule has 4 aliphatic rings. The fourth-order valence-electron chi connectivity index (χ4n) is 9.79. The number of ether oxygens (including phenoxy) is 1. The summed E-state index contributed by atoms with van der Waals surface area (Å²) in [5, 5.41) is 0. The van der Waals surface area contributed by atoms with Crippen molar-refractivity contribution in [2.24, 2.45) is 64.1 Å². The number of hydrogen-bond donors (Lipinski definition) is 0. The highest BCUT2D eigenvalue weighted by molar-refractivity contribution is 5.65. The lowest BCUT2D eigenvalue weighted by molar-refractivity contribution is -0.144. The van der Waals surface area contributed by atoms with Gasteiger partial charge in [0.25, 0.3) is 0 Å². The van der Waals surface area contributed by atoms with E-state index in [-0.39, 0.29) is 5.97 Å². The van der Waals surface area contributed by atoms with Crippen LogP contribution in [-0.2, 0) is 9.53 Å². The van der Waals surface area contributed by atoms with Crippen LogP contribution in [0, 0.1) is 64.1 Å². The van der Waals surface area contributed by atoms with Crippen molar-refractivity contribution in [2.75, 3.05) is 6.61 Å². The van der Waals surface area contributed by atoms with Gasteiger partial charge in [-0.1, -0.05) is 54.4 Å². The molecule has 0 N–H and O–H groups in total. The lowest BCUT2D eigenvalue weighted by Gasteiger charge is -2.58. The Labute approximate surface area is 199 Å². The van der Waals surface area contributed by atoms with Crippen LogP contribution in [-0.4, -0.2) is 12.6 Å². The number of rotatable bonds is 7. The van der Waals surface area contributed by atoms with Gasteiger partial charge < -0.3 is 4.74 Å². The molecule has 0 aliphatic heterocycles. The summed E-state index contributed by atoms with van der Waals surface area (Å²) >= 11 is 0. The Morgan fingerprint density at radius 2 is 1.50 bits per heavy atom. The minimum Gasteiger partial charge on any atom is -0.466 e. The molecule has 0 unspecified atom stereocenters. The lowest BCUT2D eigenvalue weighted by Crippen LogP contribution is -2.51. The zero-order valence-electron chi connectivity index (χ0n) is 22.3. The van der Waals surface area contributed by atoms with Crippen molar-refractivity contribution in [3.63, 3.8) is 0 Å². The van der Waals surface area contributed by atoms with Gasteiger partial charge in [-0.05, 0) is 115 Å². The van der Waals surface area contributed by atoms with Crippen LogP contribution in [0.2, 0.25) is 0 Å². The maximum Gasteiger partial charge on any atom is 0.302 e. The number of fused-ring (bicyclic) bond motifs is 5. The Bertz CT molecular complexity index is 670. The van der Waals surface area contributed by atoms with Crippen LogP contribution in [0.4, 0.5) is 0 Å². The molecule has 0 bridgehead atoms. The molecule has 32 heavy (non-hydrogen) atoms. The number of carbonyl (C=O) groups excluding carboxylic acids is 1. The normalized spacial score (nSPS) is 45.1. The van der Waals surface area contributed by atoms with E-state index in [1.807, 2.05) is 0 Å². The molecule has 0 aromatic heterocycles. The fourth-order valence-corrected chi connectivity index (χ4v) is 9.79. The van der Waals surface area contributed by atoms with E-state index in [2.05, 4.69) is 41.5 Å². The molecule has 4 rings (SSSR count). The predicted molar refractivity (Wildman–Crippen MR) is 133 cm³/mol. The largest absolute Gasteiger partial charge is 0.466 e. The van der Waals surface area contributed by atoms with Crippen LogP contribution >= 0.6 is 0 Å². The molecule has 4 saturated carbocycles. The van der Waals surface area contributed by atoms with Crippen molar-refractivity contribution >= 4 is 5.97 Å². The predicted octanol–water partition coefficient (Wildman–Crippen LogP) is 8.14. The van der Waals surface area contributed by atoms with Gasteiger partial charge >= 0.3 is 5.97 Å². The molecule has 4 aliphatic carbocycles. The Hall–Kier alpha value is -0.530.